The van der Waals surface area contributed by atoms with E-state index in [2.05, 4.69) is 0 Å². The van der Waals surface area contributed by atoms with Gasteiger partial charge in [0.25, 0.3) is 0 Å². The molecule has 144 valence electrons. The summed E-state index contributed by atoms with van der Waals surface area (Å²) in [4.78, 5) is 25.9. The van der Waals surface area contributed by atoms with E-state index in [1.165, 1.54) is 0 Å². The Hall–Kier alpha value is -3.28. The van der Waals surface area contributed by atoms with Crippen molar-refractivity contribution >= 4 is 22.7 Å². The molecular formula is C22H23N3O3. The number of primary amides is 1. The number of likely N-dealkylation sites (tertiary alicyclic amines) is 1. The number of aromatic nitrogens is 1. The van der Waals surface area contributed by atoms with Crippen LogP contribution in [0, 0.1) is 0 Å². The molecule has 2 heterocycles. The Morgan fingerprint density at radius 3 is 2.71 bits per heavy atom. The topological polar surface area (TPSA) is 77.6 Å². The number of rotatable bonds is 6. The molecule has 0 aliphatic carbocycles. The number of hydrogen-bond acceptors (Lipinski definition) is 3. The second-order valence-corrected chi connectivity index (χ2v) is 7.09. The molecule has 6 heteroatoms. The Kier molecular flexibility index (Phi) is 5.02. The number of hydrogen-bond donors (Lipinski definition) is 1. The maximum Gasteiger partial charge on any atom is 0.243 e. The second-order valence-electron chi connectivity index (χ2n) is 7.09. The molecule has 0 radical (unpaired) electrons. The molecule has 2 N–H and O–H groups in total. The van der Waals surface area contributed by atoms with Crippen molar-refractivity contribution in [1.29, 1.82) is 0 Å². The normalized spacial score (nSPS) is 16.4. The van der Waals surface area contributed by atoms with Crippen molar-refractivity contribution in [1.82, 2.24) is 9.47 Å². The lowest BCUT2D eigenvalue weighted by Crippen LogP contribution is -2.44. The van der Waals surface area contributed by atoms with Crippen molar-refractivity contribution in [3.05, 3.63) is 66.4 Å². The molecule has 0 bridgehead atoms. The van der Waals surface area contributed by atoms with E-state index in [4.69, 9.17) is 10.5 Å². The van der Waals surface area contributed by atoms with Crippen LogP contribution in [0.5, 0.6) is 5.75 Å². The Bertz CT molecular complexity index is 997. The lowest BCUT2D eigenvalue weighted by molar-refractivity contribution is -0.137. The smallest absolute Gasteiger partial charge is 0.243 e. The van der Waals surface area contributed by atoms with Crippen LogP contribution in [-0.2, 0) is 22.7 Å². The van der Waals surface area contributed by atoms with Crippen molar-refractivity contribution in [2.45, 2.75) is 32.0 Å². The summed E-state index contributed by atoms with van der Waals surface area (Å²) < 4.78 is 7.80. The molecule has 4 rings (SSSR count). The van der Waals surface area contributed by atoms with Crippen LogP contribution in [-0.4, -0.2) is 33.9 Å². The summed E-state index contributed by atoms with van der Waals surface area (Å²) in [6.45, 7) is 1.24. The molecule has 1 aliphatic heterocycles. The quantitative estimate of drug-likeness (QED) is 0.717. The van der Waals surface area contributed by atoms with Crippen molar-refractivity contribution in [2.75, 3.05) is 6.54 Å². The number of ether oxygens (including phenoxy) is 1. The molecular weight excluding hydrogens is 354 g/mol. The first kappa shape index (κ1) is 18.1. The third-order valence-electron chi connectivity index (χ3n) is 5.20. The summed E-state index contributed by atoms with van der Waals surface area (Å²) in [6.07, 6.45) is 3.34. The number of carbonyl (C=O) groups is 2. The fraction of sp³-hybridized carbons (Fsp3) is 0.273. The molecule has 1 atom stereocenters. The summed E-state index contributed by atoms with van der Waals surface area (Å²) in [6, 6.07) is 17.3. The zero-order chi connectivity index (χ0) is 19.5. The van der Waals surface area contributed by atoms with Crippen LogP contribution in [0.15, 0.2) is 60.8 Å². The Balaban J connectivity index is 1.50. The monoisotopic (exact) mass is 377 g/mol. The minimum absolute atomic E-state index is 0.0885. The van der Waals surface area contributed by atoms with Crippen LogP contribution in [0.4, 0.5) is 0 Å². The number of benzene rings is 2. The van der Waals surface area contributed by atoms with E-state index < -0.39 is 11.9 Å². The Morgan fingerprint density at radius 1 is 1.11 bits per heavy atom. The van der Waals surface area contributed by atoms with Crippen LogP contribution in [0.2, 0.25) is 0 Å². The predicted octanol–water partition coefficient (Wildman–Crippen LogP) is 2.70. The molecule has 1 saturated heterocycles. The molecule has 1 aromatic heterocycles. The van der Waals surface area contributed by atoms with Crippen LogP contribution in [0.1, 0.15) is 18.4 Å². The minimum atomic E-state index is -0.487. The van der Waals surface area contributed by atoms with E-state index in [1.807, 2.05) is 65.4 Å². The van der Waals surface area contributed by atoms with E-state index in [0.717, 1.165) is 28.6 Å². The number of fused-ring (bicyclic) bond motifs is 1. The van der Waals surface area contributed by atoms with Gasteiger partial charge in [-0.25, -0.2) is 0 Å². The summed E-state index contributed by atoms with van der Waals surface area (Å²) in [5.41, 5.74) is 7.46. The molecule has 1 fully saturated rings. The Morgan fingerprint density at radius 2 is 1.93 bits per heavy atom. The van der Waals surface area contributed by atoms with Gasteiger partial charge >= 0.3 is 0 Å². The maximum absolute atomic E-state index is 12.7. The third kappa shape index (κ3) is 3.71. The molecule has 2 amide bonds. The van der Waals surface area contributed by atoms with Crippen LogP contribution >= 0.6 is 0 Å². The Labute approximate surface area is 163 Å². The molecule has 2 aromatic carbocycles. The largest absolute Gasteiger partial charge is 0.489 e. The zero-order valence-electron chi connectivity index (χ0n) is 15.6. The fourth-order valence-corrected chi connectivity index (χ4v) is 3.73. The van der Waals surface area contributed by atoms with Crippen LogP contribution < -0.4 is 10.5 Å². The maximum atomic E-state index is 12.7. The van der Waals surface area contributed by atoms with Gasteiger partial charge in [-0.1, -0.05) is 30.3 Å². The van der Waals surface area contributed by atoms with Gasteiger partial charge in [-0.15, -0.1) is 0 Å². The predicted molar refractivity (Wildman–Crippen MR) is 107 cm³/mol. The first-order valence-electron chi connectivity index (χ1n) is 9.46. The van der Waals surface area contributed by atoms with Gasteiger partial charge in [0.15, 0.2) is 0 Å². The van der Waals surface area contributed by atoms with E-state index in [0.29, 0.717) is 19.6 Å². The van der Waals surface area contributed by atoms with Crippen molar-refractivity contribution in [2.24, 2.45) is 5.73 Å². The van der Waals surface area contributed by atoms with Gasteiger partial charge in [0.05, 0.1) is 5.52 Å². The fourth-order valence-electron chi connectivity index (χ4n) is 3.73. The molecule has 0 saturated carbocycles. The lowest BCUT2D eigenvalue weighted by atomic mass is 10.2. The number of carbonyl (C=O) groups excluding carboxylic acids is 2. The second kappa shape index (κ2) is 7.76. The highest BCUT2D eigenvalue weighted by molar-refractivity contribution is 5.88. The summed E-state index contributed by atoms with van der Waals surface area (Å²) in [5.74, 6) is 0.231. The standard InChI is InChI=1S/C22H23N3O3/c23-22(27)19-7-4-11-25(19)21(26)14-24-12-10-17-8-9-18(13-20(17)24)28-15-16-5-2-1-3-6-16/h1-3,5-6,8-10,12-13,19H,4,7,11,14-15H2,(H2,23,27)/t19-/m0/s1. The minimum Gasteiger partial charge on any atom is -0.489 e. The SMILES string of the molecule is NC(=O)[C@@H]1CCCN1C(=O)Cn1ccc2ccc(OCc3ccccc3)cc21. The summed E-state index contributed by atoms with van der Waals surface area (Å²) >= 11 is 0. The van der Waals surface area contributed by atoms with E-state index in [-0.39, 0.29) is 12.5 Å². The number of nitrogens with two attached hydrogens (primary N) is 1. The molecule has 0 unspecified atom stereocenters. The van der Waals surface area contributed by atoms with Crippen molar-refractivity contribution in [3.8, 4) is 5.75 Å². The molecule has 6 nitrogen and oxygen atoms in total. The van der Waals surface area contributed by atoms with Gasteiger partial charge in [-0.3, -0.25) is 9.59 Å². The molecule has 1 aliphatic rings. The van der Waals surface area contributed by atoms with Gasteiger partial charge < -0.3 is 19.9 Å². The number of nitrogens with zero attached hydrogens (tertiary/aromatic N) is 2. The first-order chi connectivity index (χ1) is 13.6. The third-order valence-corrected chi connectivity index (χ3v) is 5.20. The average Bonchev–Trinajstić information content (AvgIpc) is 3.35. The van der Waals surface area contributed by atoms with Crippen LogP contribution in [0.3, 0.4) is 0 Å². The summed E-state index contributed by atoms with van der Waals surface area (Å²) in [5, 5.41) is 1.03. The van der Waals surface area contributed by atoms with Gasteiger partial charge in [0.1, 0.15) is 24.9 Å². The van der Waals surface area contributed by atoms with Gasteiger partial charge in [0.2, 0.25) is 11.8 Å². The lowest BCUT2D eigenvalue weighted by Gasteiger charge is -2.22. The molecule has 3 aromatic rings. The highest BCUT2D eigenvalue weighted by Gasteiger charge is 2.32. The highest BCUT2D eigenvalue weighted by Crippen LogP contribution is 2.24. The highest BCUT2D eigenvalue weighted by atomic mass is 16.5. The number of amides is 2. The van der Waals surface area contributed by atoms with Gasteiger partial charge in [0, 0.05) is 18.8 Å². The van der Waals surface area contributed by atoms with Gasteiger partial charge in [-0.2, -0.15) is 0 Å². The molecule has 28 heavy (non-hydrogen) atoms. The average molecular weight is 377 g/mol. The molecule has 0 spiro atoms. The van der Waals surface area contributed by atoms with Crippen molar-refractivity contribution in [3.63, 3.8) is 0 Å². The van der Waals surface area contributed by atoms with Crippen molar-refractivity contribution < 1.29 is 14.3 Å². The van der Waals surface area contributed by atoms with E-state index in [9.17, 15) is 9.59 Å². The van der Waals surface area contributed by atoms with Gasteiger partial charge in [-0.05, 0) is 42.0 Å². The summed E-state index contributed by atoms with van der Waals surface area (Å²) in [7, 11) is 0. The zero-order valence-corrected chi connectivity index (χ0v) is 15.6. The first-order valence-corrected chi connectivity index (χ1v) is 9.46. The van der Waals surface area contributed by atoms with Crippen LogP contribution in [0.25, 0.3) is 10.9 Å². The van der Waals surface area contributed by atoms with E-state index in [1.54, 1.807) is 4.90 Å². The van der Waals surface area contributed by atoms with E-state index >= 15 is 0 Å².